The van der Waals surface area contributed by atoms with E-state index >= 15 is 0 Å². The molecule has 1 N–H and O–H groups in total. The molecule has 0 amide bonds. The molecule has 144 valence electrons. The largest absolute Gasteiger partial charge is 0.366 e. The van der Waals surface area contributed by atoms with Gasteiger partial charge in [0.2, 0.25) is 5.82 Å². The average Bonchev–Trinajstić information content (AvgIpc) is 2.71. The Bertz CT molecular complexity index is 981. The molecule has 0 aromatic carbocycles. The molecule has 0 saturated carbocycles. The van der Waals surface area contributed by atoms with E-state index in [1.165, 1.54) is 0 Å². The number of pyridine rings is 2. The summed E-state index contributed by atoms with van der Waals surface area (Å²) in [6, 6.07) is 9.80. The molecular weight excluding hydrogens is 348 g/mol. The first kappa shape index (κ1) is 18.5. The van der Waals surface area contributed by atoms with Crippen LogP contribution in [-0.4, -0.2) is 25.1 Å². The maximum Gasteiger partial charge on any atom is 0.200 e. The average molecular weight is 374 g/mol. The molecule has 0 unspecified atom stereocenters. The van der Waals surface area contributed by atoms with E-state index in [1.807, 2.05) is 36.5 Å². The predicted molar refractivity (Wildman–Crippen MR) is 110 cm³/mol. The second-order valence-corrected chi connectivity index (χ2v) is 8.72. The van der Waals surface area contributed by atoms with E-state index in [0.29, 0.717) is 12.4 Å². The van der Waals surface area contributed by atoms with Gasteiger partial charge in [-0.15, -0.1) is 5.10 Å². The van der Waals surface area contributed by atoms with Gasteiger partial charge in [0, 0.05) is 29.8 Å². The molecule has 6 nitrogen and oxygen atoms in total. The van der Waals surface area contributed by atoms with Crippen molar-refractivity contribution < 1.29 is 0 Å². The van der Waals surface area contributed by atoms with Gasteiger partial charge in [0.25, 0.3) is 0 Å². The van der Waals surface area contributed by atoms with Gasteiger partial charge >= 0.3 is 0 Å². The maximum absolute atomic E-state index is 4.92. The second kappa shape index (κ2) is 6.93. The number of rotatable bonds is 4. The molecule has 6 heteroatoms. The van der Waals surface area contributed by atoms with Crippen molar-refractivity contribution in [3.05, 3.63) is 59.7 Å². The summed E-state index contributed by atoms with van der Waals surface area (Å²) < 4.78 is 0. The van der Waals surface area contributed by atoms with Crippen molar-refractivity contribution in [1.82, 2.24) is 25.1 Å². The third-order valence-corrected chi connectivity index (χ3v) is 5.52. The van der Waals surface area contributed by atoms with E-state index in [-0.39, 0.29) is 10.8 Å². The first-order valence-electron chi connectivity index (χ1n) is 9.71. The van der Waals surface area contributed by atoms with Crippen LogP contribution in [-0.2, 0) is 17.4 Å². The zero-order chi connectivity index (χ0) is 19.8. The Morgan fingerprint density at radius 3 is 2.43 bits per heavy atom. The standard InChI is InChI=1S/C22H26N6/c1-21(2)10-11-22(3,4)19-18(21)26-20(28-27-19)16-8-5-9-17(25-16)24-14-15-7-6-12-23-13-15/h5-9,12-13H,10-11,14H2,1-4H3,(H,24,25). The number of nitrogens with one attached hydrogen (secondary N) is 1. The van der Waals surface area contributed by atoms with Crippen molar-refractivity contribution >= 4 is 5.82 Å². The molecule has 3 aromatic heterocycles. The molecule has 0 spiro atoms. The summed E-state index contributed by atoms with van der Waals surface area (Å²) in [6.07, 6.45) is 5.79. The monoisotopic (exact) mass is 374 g/mol. The van der Waals surface area contributed by atoms with E-state index in [0.717, 1.165) is 41.3 Å². The predicted octanol–water partition coefficient (Wildman–Crippen LogP) is 4.29. The smallest absolute Gasteiger partial charge is 0.200 e. The summed E-state index contributed by atoms with van der Waals surface area (Å²) in [4.78, 5) is 13.8. The van der Waals surface area contributed by atoms with E-state index in [1.54, 1.807) is 6.20 Å². The molecule has 28 heavy (non-hydrogen) atoms. The molecule has 0 radical (unpaired) electrons. The Labute approximate surface area is 165 Å². The number of hydrogen-bond donors (Lipinski definition) is 1. The molecule has 1 aliphatic carbocycles. The zero-order valence-electron chi connectivity index (χ0n) is 16.9. The van der Waals surface area contributed by atoms with Crippen molar-refractivity contribution in [2.75, 3.05) is 5.32 Å². The minimum atomic E-state index is -0.00822. The van der Waals surface area contributed by atoms with Crippen LogP contribution >= 0.6 is 0 Å². The highest BCUT2D eigenvalue weighted by Gasteiger charge is 2.40. The van der Waals surface area contributed by atoms with Crippen molar-refractivity contribution in [3.8, 4) is 11.5 Å². The van der Waals surface area contributed by atoms with Crippen LogP contribution in [0, 0.1) is 0 Å². The topological polar surface area (TPSA) is 76.5 Å². The van der Waals surface area contributed by atoms with Crippen molar-refractivity contribution in [1.29, 1.82) is 0 Å². The fourth-order valence-corrected chi connectivity index (χ4v) is 3.58. The lowest BCUT2D eigenvalue weighted by Gasteiger charge is -2.39. The lowest BCUT2D eigenvalue weighted by atomic mass is 9.67. The number of aromatic nitrogens is 5. The van der Waals surface area contributed by atoms with Crippen LogP contribution in [0.1, 0.15) is 57.5 Å². The van der Waals surface area contributed by atoms with E-state index in [4.69, 9.17) is 9.97 Å². The minimum Gasteiger partial charge on any atom is -0.366 e. The molecule has 3 aromatic rings. The Morgan fingerprint density at radius 1 is 0.893 bits per heavy atom. The van der Waals surface area contributed by atoms with E-state index < -0.39 is 0 Å². The molecule has 1 aliphatic rings. The van der Waals surface area contributed by atoms with Gasteiger partial charge in [-0.2, -0.15) is 5.10 Å². The number of fused-ring (bicyclic) bond motifs is 1. The molecular formula is C22H26N6. The second-order valence-electron chi connectivity index (χ2n) is 8.72. The van der Waals surface area contributed by atoms with Crippen LogP contribution in [0.2, 0.25) is 0 Å². The lowest BCUT2D eigenvalue weighted by molar-refractivity contribution is 0.311. The van der Waals surface area contributed by atoms with Crippen LogP contribution in [0.3, 0.4) is 0 Å². The summed E-state index contributed by atoms with van der Waals surface area (Å²) in [5.41, 5.74) is 3.88. The van der Waals surface area contributed by atoms with Crippen molar-refractivity contribution in [2.45, 2.75) is 57.9 Å². The molecule has 4 rings (SSSR count). The third kappa shape index (κ3) is 3.59. The van der Waals surface area contributed by atoms with Gasteiger partial charge < -0.3 is 5.32 Å². The highest BCUT2D eigenvalue weighted by Crippen LogP contribution is 2.43. The first-order valence-corrected chi connectivity index (χ1v) is 9.71. The number of anilines is 1. The van der Waals surface area contributed by atoms with Gasteiger partial charge in [-0.1, -0.05) is 39.8 Å². The number of hydrogen-bond acceptors (Lipinski definition) is 6. The Morgan fingerprint density at radius 2 is 1.68 bits per heavy atom. The molecule has 3 heterocycles. The van der Waals surface area contributed by atoms with Crippen molar-refractivity contribution in [3.63, 3.8) is 0 Å². The van der Waals surface area contributed by atoms with Crippen LogP contribution in [0.25, 0.3) is 11.5 Å². The third-order valence-electron chi connectivity index (χ3n) is 5.52. The normalized spacial score (nSPS) is 17.0. The van der Waals surface area contributed by atoms with Gasteiger partial charge in [-0.05, 0) is 36.6 Å². The van der Waals surface area contributed by atoms with Gasteiger partial charge in [-0.3, -0.25) is 4.98 Å². The summed E-state index contributed by atoms with van der Waals surface area (Å²) in [5.74, 6) is 1.36. The van der Waals surface area contributed by atoms with Crippen LogP contribution < -0.4 is 5.32 Å². The summed E-state index contributed by atoms with van der Waals surface area (Å²) in [6.45, 7) is 9.57. The quantitative estimate of drug-likeness (QED) is 0.734. The van der Waals surface area contributed by atoms with Crippen LogP contribution in [0.5, 0.6) is 0 Å². The van der Waals surface area contributed by atoms with E-state index in [9.17, 15) is 0 Å². The van der Waals surface area contributed by atoms with E-state index in [2.05, 4.69) is 48.2 Å². The Hall–Kier alpha value is -2.89. The Balaban J connectivity index is 1.63. The molecule has 0 fully saturated rings. The van der Waals surface area contributed by atoms with Gasteiger partial charge in [0.1, 0.15) is 11.5 Å². The summed E-state index contributed by atoms with van der Waals surface area (Å²) >= 11 is 0. The molecule has 0 aliphatic heterocycles. The zero-order valence-corrected chi connectivity index (χ0v) is 16.9. The molecule has 0 atom stereocenters. The fraction of sp³-hybridized carbons (Fsp3) is 0.409. The highest BCUT2D eigenvalue weighted by molar-refractivity contribution is 5.53. The molecule has 0 bridgehead atoms. The van der Waals surface area contributed by atoms with Gasteiger partial charge in [0.15, 0.2) is 0 Å². The van der Waals surface area contributed by atoms with Crippen molar-refractivity contribution in [2.24, 2.45) is 0 Å². The highest BCUT2D eigenvalue weighted by atomic mass is 15.2. The van der Waals surface area contributed by atoms with Gasteiger partial charge in [-0.25, -0.2) is 9.97 Å². The SMILES string of the molecule is CC1(C)CCC(C)(C)c2nc(-c3cccc(NCc4cccnc4)n3)nnc21. The maximum atomic E-state index is 4.92. The summed E-state index contributed by atoms with van der Waals surface area (Å²) in [5, 5.41) is 12.3. The number of nitrogens with zero attached hydrogens (tertiary/aromatic N) is 5. The van der Waals surface area contributed by atoms with Gasteiger partial charge in [0.05, 0.1) is 11.4 Å². The molecule has 0 saturated heterocycles. The Kier molecular flexibility index (Phi) is 4.57. The lowest BCUT2D eigenvalue weighted by Crippen LogP contribution is -2.36. The summed E-state index contributed by atoms with van der Waals surface area (Å²) in [7, 11) is 0. The fourth-order valence-electron chi connectivity index (χ4n) is 3.58. The first-order chi connectivity index (χ1) is 13.4. The van der Waals surface area contributed by atoms with Crippen LogP contribution in [0.15, 0.2) is 42.7 Å². The minimum absolute atomic E-state index is 0.00390. The van der Waals surface area contributed by atoms with Crippen LogP contribution in [0.4, 0.5) is 5.82 Å².